The number of halogens is 1. The maximum Gasteiger partial charge on any atom is 0.239 e. The molecule has 1 aliphatic carbocycles. The number of nitrogens with zero attached hydrogens (tertiary/aromatic N) is 4. The summed E-state index contributed by atoms with van der Waals surface area (Å²) < 4.78 is 0. The van der Waals surface area contributed by atoms with Gasteiger partial charge in [-0.05, 0) is 44.4 Å². The largest absolute Gasteiger partial charge is 0.356 e. The van der Waals surface area contributed by atoms with Crippen molar-refractivity contribution in [3.63, 3.8) is 0 Å². The highest BCUT2D eigenvalue weighted by Gasteiger charge is 2.30. The number of hydrogen-bond acceptors (Lipinski definition) is 3. The second-order valence-electron chi connectivity index (χ2n) is 8.79. The zero-order valence-electron chi connectivity index (χ0n) is 18.0. The molecule has 2 saturated heterocycles. The third-order valence-electron chi connectivity index (χ3n) is 6.83. The minimum Gasteiger partial charge on any atom is -0.356 e. The van der Waals surface area contributed by atoms with Crippen molar-refractivity contribution in [2.75, 3.05) is 52.9 Å². The Kier molecular flexibility index (Phi) is 9.80. The lowest BCUT2D eigenvalue weighted by Gasteiger charge is -2.40. The van der Waals surface area contributed by atoms with E-state index in [0.29, 0.717) is 5.91 Å². The van der Waals surface area contributed by atoms with Crippen LogP contribution >= 0.6 is 24.0 Å². The number of nitrogens with one attached hydrogen (secondary N) is 1. The Bertz CT molecular complexity index is 507. The summed E-state index contributed by atoms with van der Waals surface area (Å²) in [7, 11) is 1.89. The van der Waals surface area contributed by atoms with Gasteiger partial charge in [-0.2, -0.15) is 0 Å². The van der Waals surface area contributed by atoms with E-state index in [1.165, 1.54) is 25.7 Å². The molecule has 0 aromatic rings. The lowest BCUT2D eigenvalue weighted by Crippen LogP contribution is -2.57. The Labute approximate surface area is 188 Å². The molecule has 162 valence electrons. The predicted octanol–water partition coefficient (Wildman–Crippen LogP) is 2.63. The maximum atomic E-state index is 12.7. The summed E-state index contributed by atoms with van der Waals surface area (Å²) in [5.41, 5.74) is 0. The van der Waals surface area contributed by atoms with Crippen LogP contribution in [0.25, 0.3) is 0 Å². The third kappa shape index (κ3) is 6.21. The highest BCUT2D eigenvalue weighted by molar-refractivity contribution is 14.0. The van der Waals surface area contributed by atoms with Crippen LogP contribution in [0, 0.1) is 11.8 Å². The fourth-order valence-electron chi connectivity index (χ4n) is 4.78. The summed E-state index contributed by atoms with van der Waals surface area (Å²) in [5.74, 6) is 3.04. The van der Waals surface area contributed by atoms with Crippen molar-refractivity contribution in [1.82, 2.24) is 20.0 Å². The number of aliphatic imine (C=N–C) groups is 1. The van der Waals surface area contributed by atoms with Gasteiger partial charge < -0.3 is 15.1 Å². The zero-order chi connectivity index (χ0) is 19.2. The van der Waals surface area contributed by atoms with E-state index in [1.54, 1.807) is 0 Å². The molecular formula is C21H40IN5O. The van der Waals surface area contributed by atoms with E-state index in [9.17, 15) is 4.79 Å². The first kappa shape index (κ1) is 23.7. The standard InChI is InChI=1S/C21H39N5O.HI/c1-17-6-8-19(9-7-17)16-23-21(22-3)26-14-12-24(13-15-26)18(2)20(27)25-10-4-5-11-25;/h17-19H,4-16H2,1-3H3,(H,22,23);1H. The smallest absolute Gasteiger partial charge is 0.239 e. The molecule has 0 bridgehead atoms. The van der Waals surface area contributed by atoms with E-state index in [0.717, 1.165) is 76.5 Å². The molecule has 6 nitrogen and oxygen atoms in total. The monoisotopic (exact) mass is 505 g/mol. The second kappa shape index (κ2) is 11.6. The van der Waals surface area contributed by atoms with E-state index in [-0.39, 0.29) is 30.0 Å². The van der Waals surface area contributed by atoms with Gasteiger partial charge in [-0.25, -0.2) is 0 Å². The Morgan fingerprint density at radius 2 is 1.61 bits per heavy atom. The molecule has 2 aliphatic heterocycles. The fourth-order valence-corrected chi connectivity index (χ4v) is 4.78. The zero-order valence-corrected chi connectivity index (χ0v) is 20.4. The molecule has 0 spiro atoms. The molecule has 3 rings (SSSR count). The van der Waals surface area contributed by atoms with Gasteiger partial charge in [0.25, 0.3) is 0 Å². The maximum absolute atomic E-state index is 12.7. The normalized spacial score (nSPS) is 28.0. The number of guanidine groups is 1. The van der Waals surface area contributed by atoms with Crippen LogP contribution in [0.2, 0.25) is 0 Å². The Balaban J connectivity index is 0.00000280. The second-order valence-corrected chi connectivity index (χ2v) is 8.79. The van der Waals surface area contributed by atoms with E-state index >= 15 is 0 Å². The Hall–Kier alpha value is -0.570. The van der Waals surface area contributed by atoms with Crippen molar-refractivity contribution in [2.24, 2.45) is 16.8 Å². The fraction of sp³-hybridized carbons (Fsp3) is 0.905. The Morgan fingerprint density at radius 1 is 1.00 bits per heavy atom. The highest BCUT2D eigenvalue weighted by atomic mass is 127. The topological polar surface area (TPSA) is 51.2 Å². The van der Waals surface area contributed by atoms with Crippen LogP contribution in [0.4, 0.5) is 0 Å². The van der Waals surface area contributed by atoms with Gasteiger partial charge in [-0.15, -0.1) is 24.0 Å². The van der Waals surface area contributed by atoms with Crippen molar-refractivity contribution in [1.29, 1.82) is 0 Å². The van der Waals surface area contributed by atoms with Crippen LogP contribution in [0.3, 0.4) is 0 Å². The highest BCUT2D eigenvalue weighted by Crippen LogP contribution is 2.27. The lowest BCUT2D eigenvalue weighted by molar-refractivity contribution is -0.135. The van der Waals surface area contributed by atoms with Gasteiger partial charge in [0.05, 0.1) is 6.04 Å². The lowest BCUT2D eigenvalue weighted by atomic mass is 9.83. The number of carbonyl (C=O) groups excluding carboxylic acids is 1. The van der Waals surface area contributed by atoms with E-state index in [2.05, 4.69) is 34.0 Å². The number of rotatable bonds is 4. The van der Waals surface area contributed by atoms with E-state index < -0.39 is 0 Å². The quantitative estimate of drug-likeness (QED) is 0.363. The molecule has 3 aliphatic rings. The molecule has 1 unspecified atom stereocenters. The molecule has 7 heteroatoms. The number of carbonyl (C=O) groups is 1. The number of hydrogen-bond donors (Lipinski definition) is 1. The van der Waals surface area contributed by atoms with Crippen LogP contribution in [-0.2, 0) is 4.79 Å². The first-order chi connectivity index (χ1) is 13.1. The van der Waals surface area contributed by atoms with Crippen LogP contribution in [0.5, 0.6) is 0 Å². The summed E-state index contributed by atoms with van der Waals surface area (Å²) >= 11 is 0. The number of piperazine rings is 1. The molecule has 1 N–H and O–H groups in total. The minimum atomic E-state index is 0. The van der Waals surface area contributed by atoms with Gasteiger partial charge in [0.2, 0.25) is 5.91 Å². The average molecular weight is 505 g/mol. The van der Waals surface area contributed by atoms with E-state index in [4.69, 9.17) is 0 Å². The SMILES string of the molecule is CN=C(NCC1CCC(C)CC1)N1CCN(C(C)C(=O)N2CCCC2)CC1.I. The summed E-state index contributed by atoms with van der Waals surface area (Å²) in [5, 5.41) is 3.62. The molecule has 0 aromatic heterocycles. The molecule has 0 radical (unpaired) electrons. The first-order valence-corrected chi connectivity index (χ1v) is 11.1. The first-order valence-electron chi connectivity index (χ1n) is 11.1. The average Bonchev–Trinajstić information content (AvgIpc) is 3.24. The van der Waals surface area contributed by atoms with Crippen molar-refractivity contribution in [3.05, 3.63) is 0 Å². The van der Waals surface area contributed by atoms with Crippen LogP contribution in [0.1, 0.15) is 52.4 Å². The molecule has 0 aromatic carbocycles. The third-order valence-corrected chi connectivity index (χ3v) is 6.83. The van der Waals surface area contributed by atoms with Crippen molar-refractivity contribution >= 4 is 35.8 Å². The Morgan fingerprint density at radius 3 is 2.18 bits per heavy atom. The molecule has 3 fully saturated rings. The van der Waals surface area contributed by atoms with Crippen LogP contribution in [-0.4, -0.2) is 85.5 Å². The van der Waals surface area contributed by atoms with Crippen molar-refractivity contribution in [2.45, 2.75) is 58.4 Å². The predicted molar refractivity (Wildman–Crippen MR) is 126 cm³/mol. The van der Waals surface area contributed by atoms with Crippen molar-refractivity contribution < 1.29 is 4.79 Å². The van der Waals surface area contributed by atoms with Gasteiger partial charge in [-0.1, -0.05) is 19.8 Å². The van der Waals surface area contributed by atoms with Gasteiger partial charge in [0, 0.05) is 52.9 Å². The van der Waals surface area contributed by atoms with Gasteiger partial charge in [0.15, 0.2) is 5.96 Å². The van der Waals surface area contributed by atoms with Crippen LogP contribution in [0.15, 0.2) is 4.99 Å². The minimum absolute atomic E-state index is 0. The molecular weight excluding hydrogens is 465 g/mol. The van der Waals surface area contributed by atoms with Crippen molar-refractivity contribution in [3.8, 4) is 0 Å². The van der Waals surface area contributed by atoms with Gasteiger partial charge in [0.1, 0.15) is 0 Å². The number of amides is 1. The van der Waals surface area contributed by atoms with E-state index in [1.807, 2.05) is 11.9 Å². The molecule has 28 heavy (non-hydrogen) atoms. The summed E-state index contributed by atoms with van der Waals surface area (Å²) in [6.07, 6.45) is 7.74. The van der Waals surface area contributed by atoms with Gasteiger partial charge >= 0.3 is 0 Å². The summed E-state index contributed by atoms with van der Waals surface area (Å²) in [6, 6.07) is 0.00412. The summed E-state index contributed by atoms with van der Waals surface area (Å²) in [4.78, 5) is 23.9. The van der Waals surface area contributed by atoms with Crippen LogP contribution < -0.4 is 5.32 Å². The van der Waals surface area contributed by atoms with Gasteiger partial charge in [-0.3, -0.25) is 14.7 Å². The molecule has 1 saturated carbocycles. The number of likely N-dealkylation sites (tertiary alicyclic amines) is 1. The molecule has 2 heterocycles. The summed E-state index contributed by atoms with van der Waals surface area (Å²) in [6.45, 7) is 11.1. The molecule has 1 amide bonds. The molecule has 1 atom stereocenters.